The number of piperazine rings is 1. The van der Waals surface area contributed by atoms with E-state index in [1.165, 1.54) is 36.8 Å². The molecule has 2 atom stereocenters. The molecule has 2 aliphatic carbocycles. The van der Waals surface area contributed by atoms with Crippen LogP contribution in [-0.4, -0.2) is 60.6 Å². The molecule has 24 heavy (non-hydrogen) atoms. The molecular formula is C19H26N2O2S. The summed E-state index contributed by atoms with van der Waals surface area (Å²) in [7, 11) is 0. The highest BCUT2D eigenvalue weighted by Gasteiger charge is 2.43. The molecule has 3 fully saturated rings. The Bertz CT molecular complexity index is 639. The third-order valence-corrected chi connectivity index (χ3v) is 7.36. The number of fused-ring (bicyclic) bond motifs is 2. The maximum absolute atomic E-state index is 13.1. The number of carbonyl (C=O) groups is 1. The molecular weight excluding hydrogens is 320 g/mol. The van der Waals surface area contributed by atoms with Crippen molar-refractivity contribution in [3.05, 3.63) is 21.4 Å². The van der Waals surface area contributed by atoms with Crippen molar-refractivity contribution in [1.82, 2.24) is 9.80 Å². The second kappa shape index (κ2) is 6.11. The molecule has 130 valence electrons. The van der Waals surface area contributed by atoms with Crippen LogP contribution in [0.1, 0.15) is 46.5 Å². The summed E-state index contributed by atoms with van der Waals surface area (Å²) in [6.45, 7) is 4.43. The molecule has 0 unspecified atom stereocenters. The average Bonchev–Trinajstić information content (AvgIpc) is 3.39. The lowest BCUT2D eigenvalue weighted by Crippen LogP contribution is -2.63. The molecule has 4 nitrogen and oxygen atoms in total. The van der Waals surface area contributed by atoms with Gasteiger partial charge in [-0.05, 0) is 60.9 Å². The first kappa shape index (κ1) is 15.4. The molecule has 1 aromatic rings. The maximum atomic E-state index is 13.1. The minimum absolute atomic E-state index is 0.274. The third-order valence-electron chi connectivity index (χ3n) is 6.30. The van der Waals surface area contributed by atoms with E-state index in [0.717, 1.165) is 56.5 Å². The van der Waals surface area contributed by atoms with Gasteiger partial charge in [-0.2, -0.15) is 0 Å². The van der Waals surface area contributed by atoms with Gasteiger partial charge >= 0.3 is 0 Å². The van der Waals surface area contributed by atoms with E-state index in [0.29, 0.717) is 12.1 Å². The topological polar surface area (TPSA) is 32.8 Å². The van der Waals surface area contributed by atoms with E-state index in [9.17, 15) is 4.79 Å². The minimum Gasteiger partial charge on any atom is -0.378 e. The Morgan fingerprint density at radius 3 is 2.92 bits per heavy atom. The van der Waals surface area contributed by atoms with Crippen molar-refractivity contribution in [3.63, 3.8) is 0 Å². The lowest BCUT2D eigenvalue weighted by Gasteiger charge is -2.48. The summed E-state index contributed by atoms with van der Waals surface area (Å²) in [6, 6.07) is 1.01. The molecule has 1 aromatic heterocycles. The zero-order valence-electron chi connectivity index (χ0n) is 14.2. The first-order valence-corrected chi connectivity index (χ1v) is 10.4. The van der Waals surface area contributed by atoms with Gasteiger partial charge < -0.3 is 9.64 Å². The van der Waals surface area contributed by atoms with Crippen LogP contribution in [0.4, 0.5) is 0 Å². The number of hydrogen-bond donors (Lipinski definition) is 0. The van der Waals surface area contributed by atoms with Gasteiger partial charge in [0, 0.05) is 25.7 Å². The second-order valence-corrected chi connectivity index (χ2v) is 8.74. The van der Waals surface area contributed by atoms with Gasteiger partial charge in [-0.15, -0.1) is 11.3 Å². The Hall–Kier alpha value is -0.910. The molecule has 2 saturated heterocycles. The van der Waals surface area contributed by atoms with Crippen LogP contribution in [0.2, 0.25) is 0 Å². The van der Waals surface area contributed by atoms with Crippen LogP contribution in [0.25, 0.3) is 0 Å². The molecule has 3 heterocycles. The monoisotopic (exact) mass is 346 g/mol. The summed E-state index contributed by atoms with van der Waals surface area (Å²) >= 11 is 1.68. The first-order chi connectivity index (χ1) is 11.8. The predicted molar refractivity (Wildman–Crippen MR) is 94.7 cm³/mol. The van der Waals surface area contributed by atoms with E-state index in [2.05, 4.69) is 15.2 Å². The van der Waals surface area contributed by atoms with E-state index in [4.69, 9.17) is 4.74 Å². The standard InChI is InChI=1S/C19H26N2O2S/c22-19(18-16-4-2-1-3-14(16)12-24-18)20-7-8-21-15(9-20)10-23-11-17(21)13-5-6-13/h12-13,15,17H,1-11H2/t15-,17-/m1/s1. The minimum atomic E-state index is 0.274. The second-order valence-electron chi connectivity index (χ2n) is 7.86. The van der Waals surface area contributed by atoms with Crippen LogP contribution >= 0.6 is 11.3 Å². The van der Waals surface area contributed by atoms with E-state index in [-0.39, 0.29) is 5.91 Å². The highest BCUT2D eigenvalue weighted by molar-refractivity contribution is 7.12. The van der Waals surface area contributed by atoms with Crippen molar-refractivity contribution in [2.24, 2.45) is 5.92 Å². The Kier molecular flexibility index (Phi) is 3.91. The number of nitrogens with zero attached hydrogens (tertiary/aromatic N) is 2. The molecule has 0 radical (unpaired) electrons. The highest BCUT2D eigenvalue weighted by atomic mass is 32.1. The van der Waals surface area contributed by atoms with Crippen molar-refractivity contribution in [1.29, 1.82) is 0 Å². The van der Waals surface area contributed by atoms with E-state index in [1.807, 2.05) is 0 Å². The van der Waals surface area contributed by atoms with Gasteiger partial charge in [0.1, 0.15) is 0 Å². The van der Waals surface area contributed by atoms with Crippen LogP contribution in [0, 0.1) is 5.92 Å². The molecule has 5 rings (SSSR count). The largest absolute Gasteiger partial charge is 0.378 e. The van der Waals surface area contributed by atoms with E-state index >= 15 is 0 Å². The molecule has 5 heteroatoms. The maximum Gasteiger partial charge on any atom is 0.264 e. The fourth-order valence-electron chi connectivity index (χ4n) is 4.79. The normalized spacial score (nSPS) is 30.8. The highest BCUT2D eigenvalue weighted by Crippen LogP contribution is 2.38. The van der Waals surface area contributed by atoms with Gasteiger partial charge in [-0.1, -0.05) is 0 Å². The van der Waals surface area contributed by atoms with Crippen molar-refractivity contribution >= 4 is 17.2 Å². The van der Waals surface area contributed by atoms with Gasteiger partial charge in [0.2, 0.25) is 0 Å². The number of aryl methyl sites for hydroxylation is 1. The SMILES string of the molecule is O=C(c1scc2c1CCCC2)N1CCN2[C@@H](COC[C@@H]2C2CC2)C1. The van der Waals surface area contributed by atoms with Crippen molar-refractivity contribution < 1.29 is 9.53 Å². The van der Waals surface area contributed by atoms with Crippen LogP contribution < -0.4 is 0 Å². The van der Waals surface area contributed by atoms with Crippen LogP contribution in [0.3, 0.4) is 0 Å². The van der Waals surface area contributed by atoms with Crippen LogP contribution in [0.15, 0.2) is 5.38 Å². The predicted octanol–water partition coefficient (Wildman–Crippen LogP) is 2.56. The summed E-state index contributed by atoms with van der Waals surface area (Å²) in [4.78, 5) is 18.9. The molecule has 0 N–H and O–H groups in total. The Morgan fingerprint density at radius 2 is 2.04 bits per heavy atom. The summed E-state index contributed by atoms with van der Waals surface area (Å²) in [5, 5.41) is 2.23. The van der Waals surface area contributed by atoms with E-state index in [1.54, 1.807) is 11.3 Å². The molecule has 0 bridgehead atoms. The van der Waals surface area contributed by atoms with E-state index < -0.39 is 0 Å². The smallest absolute Gasteiger partial charge is 0.264 e. The number of morpholine rings is 1. The number of thiophene rings is 1. The molecule has 2 aliphatic heterocycles. The Balaban J connectivity index is 1.32. The zero-order valence-corrected chi connectivity index (χ0v) is 15.0. The van der Waals surface area contributed by atoms with Crippen molar-refractivity contribution in [2.75, 3.05) is 32.8 Å². The zero-order chi connectivity index (χ0) is 16.1. The number of amides is 1. The Labute approximate surface area is 147 Å². The lowest BCUT2D eigenvalue weighted by atomic mass is 9.93. The Morgan fingerprint density at radius 1 is 1.17 bits per heavy atom. The van der Waals surface area contributed by atoms with Crippen molar-refractivity contribution in [2.45, 2.75) is 50.6 Å². The fourth-order valence-corrected chi connectivity index (χ4v) is 5.92. The van der Waals surface area contributed by atoms with Crippen LogP contribution in [-0.2, 0) is 17.6 Å². The quantitative estimate of drug-likeness (QED) is 0.825. The summed E-state index contributed by atoms with van der Waals surface area (Å²) in [6.07, 6.45) is 7.49. The number of carbonyl (C=O) groups excluding carboxylic acids is 1. The van der Waals surface area contributed by atoms with Gasteiger partial charge in [0.15, 0.2) is 0 Å². The molecule has 1 amide bonds. The molecule has 4 aliphatic rings. The fraction of sp³-hybridized carbons (Fsp3) is 0.737. The molecule has 0 aromatic carbocycles. The van der Waals surface area contributed by atoms with Crippen molar-refractivity contribution in [3.8, 4) is 0 Å². The van der Waals surface area contributed by atoms with Crippen LogP contribution in [0.5, 0.6) is 0 Å². The third kappa shape index (κ3) is 2.61. The molecule has 0 spiro atoms. The average molecular weight is 346 g/mol. The summed E-state index contributed by atoms with van der Waals surface area (Å²) in [5.74, 6) is 1.12. The number of ether oxygens (including phenoxy) is 1. The first-order valence-electron chi connectivity index (χ1n) is 9.53. The summed E-state index contributed by atoms with van der Waals surface area (Å²) in [5.41, 5.74) is 2.79. The number of rotatable bonds is 2. The summed E-state index contributed by atoms with van der Waals surface area (Å²) < 4.78 is 5.89. The molecule has 1 saturated carbocycles. The van der Waals surface area contributed by atoms with Gasteiger partial charge in [0.25, 0.3) is 5.91 Å². The van der Waals surface area contributed by atoms with Gasteiger partial charge in [-0.3, -0.25) is 9.69 Å². The number of hydrogen-bond acceptors (Lipinski definition) is 4. The van der Waals surface area contributed by atoms with Gasteiger partial charge in [-0.25, -0.2) is 0 Å². The lowest BCUT2D eigenvalue weighted by molar-refractivity contribution is -0.0815. The van der Waals surface area contributed by atoms with Gasteiger partial charge in [0.05, 0.1) is 24.1 Å².